The Balaban J connectivity index is 1.44. The topological polar surface area (TPSA) is 46.2 Å². The van der Waals surface area contributed by atoms with Gasteiger partial charge in [-0.05, 0) is 30.7 Å². The van der Waals surface area contributed by atoms with Crippen LogP contribution in [0.5, 0.6) is 5.75 Å². The Morgan fingerprint density at radius 2 is 1.80 bits per heavy atom. The molecule has 30 heavy (non-hydrogen) atoms. The minimum absolute atomic E-state index is 0.331. The average Bonchev–Trinajstić information content (AvgIpc) is 3.46. The van der Waals surface area contributed by atoms with Gasteiger partial charge in [-0.1, -0.05) is 60.7 Å². The van der Waals surface area contributed by atoms with Gasteiger partial charge in [-0.15, -0.1) is 11.3 Å². The van der Waals surface area contributed by atoms with E-state index in [4.69, 9.17) is 9.72 Å². The standard InChI is InChI=1S/C25H25N3OS/c1-29-22-13-12-21-24(30-25(28-21)18-10-6-3-7-11-18)19(22)16-27-20-14-15-26-23(20)17-8-4-2-5-9-17/h2-13,20,23,26-27H,14-16H2,1H3/t20-,23-/m1/s1. The summed E-state index contributed by atoms with van der Waals surface area (Å²) in [6, 6.07) is 25.9. The highest BCUT2D eigenvalue weighted by molar-refractivity contribution is 7.21. The van der Waals surface area contributed by atoms with Crippen molar-refractivity contribution in [1.82, 2.24) is 15.6 Å². The molecule has 0 bridgehead atoms. The van der Waals surface area contributed by atoms with Gasteiger partial charge in [0.05, 0.1) is 17.3 Å². The van der Waals surface area contributed by atoms with E-state index < -0.39 is 0 Å². The van der Waals surface area contributed by atoms with E-state index in [2.05, 4.69) is 71.3 Å². The zero-order valence-electron chi connectivity index (χ0n) is 17.0. The van der Waals surface area contributed by atoms with Crippen LogP contribution in [0.25, 0.3) is 20.8 Å². The monoisotopic (exact) mass is 415 g/mol. The molecule has 0 radical (unpaired) electrons. The first-order valence-corrected chi connectivity index (χ1v) is 11.2. The Bertz CT molecular complexity index is 1130. The van der Waals surface area contributed by atoms with Crippen LogP contribution >= 0.6 is 11.3 Å². The first kappa shape index (κ1) is 19.2. The Morgan fingerprint density at radius 1 is 1.03 bits per heavy atom. The summed E-state index contributed by atoms with van der Waals surface area (Å²) in [6.07, 6.45) is 1.11. The van der Waals surface area contributed by atoms with E-state index in [0.717, 1.165) is 41.3 Å². The molecular formula is C25H25N3OS. The van der Waals surface area contributed by atoms with E-state index in [1.54, 1.807) is 18.4 Å². The highest BCUT2D eigenvalue weighted by Gasteiger charge is 2.28. The minimum atomic E-state index is 0.331. The Hall–Kier alpha value is -2.73. The van der Waals surface area contributed by atoms with Gasteiger partial charge >= 0.3 is 0 Å². The fourth-order valence-corrected chi connectivity index (χ4v) is 5.36. The van der Waals surface area contributed by atoms with Crippen LogP contribution in [-0.4, -0.2) is 24.7 Å². The third kappa shape index (κ3) is 3.72. The fourth-order valence-electron chi connectivity index (χ4n) is 4.26. The van der Waals surface area contributed by atoms with Gasteiger partial charge in [-0.25, -0.2) is 4.98 Å². The molecule has 2 heterocycles. The van der Waals surface area contributed by atoms with E-state index in [-0.39, 0.29) is 0 Å². The van der Waals surface area contributed by atoms with Gasteiger partial charge in [-0.2, -0.15) is 0 Å². The largest absolute Gasteiger partial charge is 0.496 e. The normalized spacial score (nSPS) is 18.7. The molecule has 0 saturated carbocycles. The Labute approximate surface area is 180 Å². The van der Waals surface area contributed by atoms with E-state index in [1.165, 1.54) is 15.8 Å². The zero-order chi connectivity index (χ0) is 20.3. The molecule has 2 N–H and O–H groups in total. The predicted octanol–water partition coefficient (Wildman–Crippen LogP) is 5.16. The molecule has 0 amide bonds. The molecule has 0 aliphatic carbocycles. The summed E-state index contributed by atoms with van der Waals surface area (Å²) >= 11 is 1.74. The van der Waals surface area contributed by atoms with Crippen molar-refractivity contribution in [3.05, 3.63) is 83.9 Å². The maximum Gasteiger partial charge on any atom is 0.124 e. The second-order valence-electron chi connectivity index (χ2n) is 7.60. The number of aromatic nitrogens is 1. The number of nitrogens with one attached hydrogen (secondary N) is 2. The van der Waals surface area contributed by atoms with Gasteiger partial charge in [-0.3, -0.25) is 0 Å². The van der Waals surface area contributed by atoms with Crippen LogP contribution in [0.2, 0.25) is 0 Å². The number of methoxy groups -OCH3 is 1. The molecule has 1 aromatic heterocycles. The van der Waals surface area contributed by atoms with Gasteiger partial charge in [0.2, 0.25) is 0 Å². The van der Waals surface area contributed by atoms with E-state index >= 15 is 0 Å². The van der Waals surface area contributed by atoms with Crippen LogP contribution in [0.4, 0.5) is 0 Å². The van der Waals surface area contributed by atoms with Crippen molar-refractivity contribution in [3.63, 3.8) is 0 Å². The SMILES string of the molecule is COc1ccc2nc(-c3ccccc3)sc2c1CN[C@@H]1CCN[C@@H]1c1ccccc1. The number of ether oxygens (including phenoxy) is 1. The first-order chi connectivity index (χ1) is 14.8. The van der Waals surface area contributed by atoms with Crippen molar-refractivity contribution in [1.29, 1.82) is 0 Å². The summed E-state index contributed by atoms with van der Waals surface area (Å²) in [5.41, 5.74) is 4.71. The number of hydrogen-bond donors (Lipinski definition) is 2. The first-order valence-electron chi connectivity index (χ1n) is 10.4. The van der Waals surface area contributed by atoms with E-state index in [0.29, 0.717) is 12.1 Å². The summed E-state index contributed by atoms with van der Waals surface area (Å²) in [5, 5.41) is 8.49. The molecule has 1 aliphatic heterocycles. The quantitative estimate of drug-likeness (QED) is 0.456. The summed E-state index contributed by atoms with van der Waals surface area (Å²) < 4.78 is 6.92. The van der Waals surface area contributed by atoms with Crippen LogP contribution in [-0.2, 0) is 6.54 Å². The molecule has 1 fully saturated rings. The lowest BCUT2D eigenvalue weighted by molar-refractivity contribution is 0.403. The molecule has 152 valence electrons. The van der Waals surface area contributed by atoms with Gasteiger partial charge in [0.25, 0.3) is 0 Å². The lowest BCUT2D eigenvalue weighted by Crippen LogP contribution is -2.34. The second kappa shape index (κ2) is 8.56. The third-order valence-corrected chi connectivity index (χ3v) is 6.96. The number of nitrogens with zero attached hydrogens (tertiary/aromatic N) is 1. The molecule has 4 nitrogen and oxygen atoms in total. The van der Waals surface area contributed by atoms with Crippen LogP contribution in [0, 0.1) is 0 Å². The van der Waals surface area contributed by atoms with E-state index in [1.807, 2.05) is 12.1 Å². The maximum absolute atomic E-state index is 5.72. The lowest BCUT2D eigenvalue weighted by Gasteiger charge is -2.22. The Kier molecular flexibility index (Phi) is 5.49. The summed E-state index contributed by atoms with van der Waals surface area (Å²) in [4.78, 5) is 4.88. The predicted molar refractivity (Wildman–Crippen MR) is 124 cm³/mol. The highest BCUT2D eigenvalue weighted by Crippen LogP contribution is 2.36. The average molecular weight is 416 g/mol. The summed E-state index contributed by atoms with van der Waals surface area (Å²) in [5.74, 6) is 0.917. The van der Waals surface area contributed by atoms with Crippen LogP contribution in [0.3, 0.4) is 0 Å². The van der Waals surface area contributed by atoms with Gasteiger partial charge in [0.15, 0.2) is 0 Å². The third-order valence-electron chi connectivity index (χ3n) is 5.78. The van der Waals surface area contributed by atoms with Crippen LogP contribution in [0.1, 0.15) is 23.6 Å². The fraction of sp³-hybridized carbons (Fsp3) is 0.240. The van der Waals surface area contributed by atoms with Crippen molar-refractivity contribution in [3.8, 4) is 16.3 Å². The smallest absolute Gasteiger partial charge is 0.124 e. The number of fused-ring (bicyclic) bond motifs is 1. The molecule has 1 aliphatic rings. The molecule has 5 heteroatoms. The van der Waals surface area contributed by atoms with Gasteiger partial charge in [0, 0.05) is 29.8 Å². The lowest BCUT2D eigenvalue weighted by atomic mass is 10.0. The van der Waals surface area contributed by atoms with Gasteiger partial charge < -0.3 is 15.4 Å². The minimum Gasteiger partial charge on any atom is -0.496 e. The maximum atomic E-state index is 5.72. The molecule has 5 rings (SSSR count). The summed E-state index contributed by atoms with van der Waals surface area (Å²) in [7, 11) is 1.74. The molecule has 0 unspecified atom stereocenters. The number of hydrogen-bond acceptors (Lipinski definition) is 5. The molecular weight excluding hydrogens is 390 g/mol. The highest BCUT2D eigenvalue weighted by atomic mass is 32.1. The van der Waals surface area contributed by atoms with Crippen molar-refractivity contribution in [2.45, 2.75) is 25.0 Å². The molecule has 4 aromatic rings. The molecule has 1 saturated heterocycles. The molecule has 0 spiro atoms. The number of rotatable bonds is 6. The Morgan fingerprint density at radius 3 is 2.57 bits per heavy atom. The zero-order valence-corrected chi connectivity index (χ0v) is 17.8. The van der Waals surface area contributed by atoms with Crippen LogP contribution in [0.15, 0.2) is 72.8 Å². The van der Waals surface area contributed by atoms with Crippen LogP contribution < -0.4 is 15.4 Å². The number of benzene rings is 3. The second-order valence-corrected chi connectivity index (χ2v) is 8.60. The van der Waals surface area contributed by atoms with E-state index in [9.17, 15) is 0 Å². The van der Waals surface area contributed by atoms with Crippen molar-refractivity contribution in [2.75, 3.05) is 13.7 Å². The van der Waals surface area contributed by atoms with Crippen molar-refractivity contribution in [2.24, 2.45) is 0 Å². The van der Waals surface area contributed by atoms with Crippen molar-refractivity contribution >= 4 is 21.6 Å². The summed E-state index contributed by atoms with van der Waals surface area (Å²) in [6.45, 7) is 1.78. The molecule has 2 atom stereocenters. The molecule has 3 aromatic carbocycles. The van der Waals surface area contributed by atoms with Gasteiger partial charge in [0.1, 0.15) is 10.8 Å². The number of thiazole rings is 1. The van der Waals surface area contributed by atoms with Crippen molar-refractivity contribution < 1.29 is 4.74 Å².